The molecular formula is C19H29N3O4S. The van der Waals surface area contributed by atoms with E-state index in [0.29, 0.717) is 12.2 Å². The molecule has 2 atom stereocenters. The predicted octanol–water partition coefficient (Wildman–Crippen LogP) is 1.85. The molecule has 150 valence electrons. The van der Waals surface area contributed by atoms with Crippen molar-refractivity contribution in [1.29, 1.82) is 0 Å². The fraction of sp³-hybridized carbons (Fsp3) is 0.526. The van der Waals surface area contributed by atoms with Crippen LogP contribution in [0.25, 0.3) is 0 Å². The van der Waals surface area contributed by atoms with Gasteiger partial charge in [0.25, 0.3) is 0 Å². The average Bonchev–Trinajstić information content (AvgIpc) is 2.56. The first-order valence-corrected chi connectivity index (χ1v) is 10.1. The number of alkyl carbamates (subject to hydrolysis) is 1. The Balaban J connectivity index is 2.89. The molecule has 0 aliphatic carbocycles. The van der Waals surface area contributed by atoms with Gasteiger partial charge in [-0.2, -0.15) is 11.8 Å². The van der Waals surface area contributed by atoms with Crippen LogP contribution >= 0.6 is 11.8 Å². The van der Waals surface area contributed by atoms with E-state index in [1.54, 1.807) is 32.5 Å². The second-order valence-electron chi connectivity index (χ2n) is 7.13. The molecule has 0 saturated carbocycles. The van der Waals surface area contributed by atoms with Crippen molar-refractivity contribution in [3.8, 4) is 0 Å². The van der Waals surface area contributed by atoms with Crippen molar-refractivity contribution >= 4 is 29.7 Å². The number of ether oxygens (including phenoxy) is 1. The molecule has 0 saturated heterocycles. The van der Waals surface area contributed by atoms with Crippen LogP contribution in [0.3, 0.4) is 0 Å². The molecule has 0 bridgehead atoms. The summed E-state index contributed by atoms with van der Waals surface area (Å²) in [5.41, 5.74) is 5.57. The molecule has 3 amide bonds. The Labute approximate surface area is 164 Å². The zero-order chi connectivity index (χ0) is 20.4. The van der Waals surface area contributed by atoms with Gasteiger partial charge in [-0.3, -0.25) is 9.59 Å². The lowest BCUT2D eigenvalue weighted by atomic mass is 10.0. The summed E-state index contributed by atoms with van der Waals surface area (Å²) < 4.78 is 5.25. The van der Waals surface area contributed by atoms with Crippen LogP contribution < -0.4 is 16.4 Å². The van der Waals surface area contributed by atoms with Crippen molar-refractivity contribution < 1.29 is 19.1 Å². The van der Waals surface area contributed by atoms with E-state index in [0.717, 1.165) is 5.56 Å². The molecule has 7 nitrogen and oxygen atoms in total. The third-order valence-corrected chi connectivity index (χ3v) is 4.20. The van der Waals surface area contributed by atoms with Crippen molar-refractivity contribution in [3.05, 3.63) is 35.9 Å². The maximum atomic E-state index is 12.7. The van der Waals surface area contributed by atoms with Crippen LogP contribution in [-0.2, 0) is 20.7 Å². The van der Waals surface area contributed by atoms with E-state index in [2.05, 4.69) is 10.6 Å². The first kappa shape index (κ1) is 22.8. The Hall–Kier alpha value is -2.22. The van der Waals surface area contributed by atoms with E-state index in [4.69, 9.17) is 10.5 Å². The summed E-state index contributed by atoms with van der Waals surface area (Å²) in [5, 5.41) is 5.23. The highest BCUT2D eigenvalue weighted by atomic mass is 32.2. The second-order valence-corrected chi connectivity index (χ2v) is 8.12. The Morgan fingerprint density at radius 2 is 1.74 bits per heavy atom. The van der Waals surface area contributed by atoms with Gasteiger partial charge in [-0.1, -0.05) is 30.3 Å². The molecule has 0 aliphatic heterocycles. The van der Waals surface area contributed by atoms with Gasteiger partial charge in [0.1, 0.15) is 17.7 Å². The van der Waals surface area contributed by atoms with Crippen LogP contribution in [0.15, 0.2) is 30.3 Å². The molecule has 0 fully saturated rings. The van der Waals surface area contributed by atoms with Crippen LogP contribution in [0, 0.1) is 0 Å². The number of nitrogens with one attached hydrogen (secondary N) is 2. The molecule has 4 N–H and O–H groups in total. The minimum absolute atomic E-state index is 0.264. The lowest BCUT2D eigenvalue weighted by Crippen LogP contribution is -2.54. The van der Waals surface area contributed by atoms with Gasteiger partial charge in [-0.15, -0.1) is 0 Å². The Morgan fingerprint density at radius 3 is 2.26 bits per heavy atom. The monoisotopic (exact) mass is 395 g/mol. The van der Waals surface area contributed by atoms with Crippen molar-refractivity contribution in [2.75, 3.05) is 12.0 Å². The van der Waals surface area contributed by atoms with Crippen LogP contribution in [-0.4, -0.2) is 47.6 Å². The number of rotatable bonds is 9. The van der Waals surface area contributed by atoms with Gasteiger partial charge in [0.15, 0.2) is 0 Å². The van der Waals surface area contributed by atoms with E-state index >= 15 is 0 Å². The summed E-state index contributed by atoms with van der Waals surface area (Å²) in [6, 6.07) is 7.60. The van der Waals surface area contributed by atoms with Gasteiger partial charge in [0, 0.05) is 6.42 Å². The summed E-state index contributed by atoms with van der Waals surface area (Å²) in [5.74, 6) is -0.403. The fourth-order valence-electron chi connectivity index (χ4n) is 2.30. The average molecular weight is 396 g/mol. The lowest BCUT2D eigenvalue weighted by molar-refractivity contribution is -0.128. The molecule has 0 aromatic heterocycles. The summed E-state index contributed by atoms with van der Waals surface area (Å²) in [4.78, 5) is 36.5. The minimum Gasteiger partial charge on any atom is -0.444 e. The largest absolute Gasteiger partial charge is 0.444 e. The number of thioether (sulfide) groups is 1. The summed E-state index contributed by atoms with van der Waals surface area (Å²) in [6.45, 7) is 5.22. The molecule has 0 aliphatic rings. The third-order valence-electron chi connectivity index (χ3n) is 3.56. The zero-order valence-electron chi connectivity index (χ0n) is 16.3. The van der Waals surface area contributed by atoms with E-state index in [9.17, 15) is 14.4 Å². The number of amides is 3. The van der Waals surface area contributed by atoms with Gasteiger partial charge in [-0.05, 0) is 44.8 Å². The van der Waals surface area contributed by atoms with E-state index in [-0.39, 0.29) is 6.42 Å². The smallest absolute Gasteiger partial charge is 0.408 e. The SMILES string of the molecule is CSCC[C@H](NC(=O)[C@H](Cc1ccccc1)NC(=O)OC(C)(C)C)C(N)=O. The highest BCUT2D eigenvalue weighted by Crippen LogP contribution is 2.09. The predicted molar refractivity (Wildman–Crippen MR) is 107 cm³/mol. The number of hydrogen-bond acceptors (Lipinski definition) is 5. The molecule has 0 spiro atoms. The van der Waals surface area contributed by atoms with Gasteiger partial charge >= 0.3 is 6.09 Å². The molecule has 1 rings (SSSR count). The number of benzene rings is 1. The fourth-order valence-corrected chi connectivity index (χ4v) is 2.77. The Kier molecular flexibility index (Phi) is 9.14. The van der Waals surface area contributed by atoms with Gasteiger partial charge < -0.3 is 21.1 Å². The van der Waals surface area contributed by atoms with Crippen LogP contribution in [0.5, 0.6) is 0 Å². The van der Waals surface area contributed by atoms with Crippen molar-refractivity contribution in [2.24, 2.45) is 5.73 Å². The highest BCUT2D eigenvalue weighted by molar-refractivity contribution is 7.98. The van der Waals surface area contributed by atoms with Crippen molar-refractivity contribution in [2.45, 2.75) is 51.3 Å². The van der Waals surface area contributed by atoms with E-state index in [1.165, 1.54) is 0 Å². The molecule has 1 aromatic rings. The molecule has 0 unspecified atom stereocenters. The first-order chi connectivity index (χ1) is 12.6. The van der Waals surface area contributed by atoms with Crippen LogP contribution in [0.1, 0.15) is 32.8 Å². The van der Waals surface area contributed by atoms with E-state index in [1.807, 2.05) is 36.6 Å². The summed E-state index contributed by atoms with van der Waals surface area (Å²) in [6.07, 6.45) is 1.90. The molecule has 27 heavy (non-hydrogen) atoms. The molecule has 0 heterocycles. The summed E-state index contributed by atoms with van der Waals surface area (Å²) in [7, 11) is 0. The maximum Gasteiger partial charge on any atom is 0.408 e. The number of nitrogens with two attached hydrogens (primary N) is 1. The number of carbonyl (C=O) groups is 3. The molecule has 0 radical (unpaired) electrons. The van der Waals surface area contributed by atoms with Gasteiger partial charge in [-0.25, -0.2) is 4.79 Å². The van der Waals surface area contributed by atoms with E-state index < -0.39 is 35.6 Å². The quantitative estimate of drug-likeness (QED) is 0.591. The van der Waals surface area contributed by atoms with Crippen LogP contribution in [0.2, 0.25) is 0 Å². The van der Waals surface area contributed by atoms with Gasteiger partial charge in [0.2, 0.25) is 11.8 Å². The number of primary amides is 1. The van der Waals surface area contributed by atoms with Crippen molar-refractivity contribution in [1.82, 2.24) is 10.6 Å². The third kappa shape index (κ3) is 9.33. The topological polar surface area (TPSA) is 111 Å². The number of carbonyl (C=O) groups excluding carboxylic acids is 3. The zero-order valence-corrected chi connectivity index (χ0v) is 17.1. The molecule has 8 heteroatoms. The highest BCUT2D eigenvalue weighted by Gasteiger charge is 2.27. The Morgan fingerprint density at radius 1 is 1.11 bits per heavy atom. The first-order valence-electron chi connectivity index (χ1n) is 8.74. The normalized spacial score (nSPS) is 13.3. The lowest BCUT2D eigenvalue weighted by Gasteiger charge is -2.24. The maximum absolute atomic E-state index is 12.7. The van der Waals surface area contributed by atoms with Crippen molar-refractivity contribution in [3.63, 3.8) is 0 Å². The minimum atomic E-state index is -0.890. The molecule has 1 aromatic carbocycles. The second kappa shape index (κ2) is 10.8. The standard InChI is InChI=1S/C19H29N3O4S/c1-19(2,3)26-18(25)22-15(12-13-8-6-5-7-9-13)17(24)21-14(16(20)23)10-11-27-4/h5-9,14-15H,10-12H2,1-4H3,(H2,20,23)(H,21,24)(H,22,25)/t14-,15-/m0/s1. The van der Waals surface area contributed by atoms with Gasteiger partial charge in [0.05, 0.1) is 0 Å². The number of hydrogen-bond donors (Lipinski definition) is 3. The Bertz CT molecular complexity index is 632. The van der Waals surface area contributed by atoms with Crippen LogP contribution in [0.4, 0.5) is 4.79 Å². The summed E-state index contributed by atoms with van der Waals surface area (Å²) >= 11 is 1.55. The molecular weight excluding hydrogens is 366 g/mol.